The lowest BCUT2D eigenvalue weighted by molar-refractivity contribution is -0.0712. The smallest absolute Gasteiger partial charge is 0.289 e. The fraction of sp³-hybridized carbons (Fsp3) is 0.400. The minimum absolute atomic E-state index is 0. The summed E-state index contributed by atoms with van der Waals surface area (Å²) in [5, 5.41) is 17.8. The molecule has 0 amide bonds. The summed E-state index contributed by atoms with van der Waals surface area (Å²) in [6.07, 6.45) is 0. The Morgan fingerprint density at radius 3 is 2.53 bits per heavy atom. The number of alkyl halides is 2. The highest BCUT2D eigenvalue weighted by atomic mass is 35.5. The Kier molecular flexibility index (Phi) is 5.60. The summed E-state index contributed by atoms with van der Waals surface area (Å²) >= 11 is 0. The normalized spacial score (nSPS) is 12.8. The first-order valence-corrected chi connectivity index (χ1v) is 4.53. The van der Waals surface area contributed by atoms with Crippen LogP contribution in [0, 0.1) is 0 Å². The van der Waals surface area contributed by atoms with E-state index in [1.165, 1.54) is 25.3 Å². The Bertz CT molecular complexity index is 377. The van der Waals surface area contributed by atoms with Crippen molar-refractivity contribution in [2.75, 3.05) is 13.7 Å². The zero-order valence-corrected chi connectivity index (χ0v) is 9.88. The predicted molar refractivity (Wildman–Crippen MR) is 60.9 cm³/mol. The number of hydrogen-bond acceptors (Lipinski definition) is 4. The largest absolute Gasteiger partial charge is 0.504 e. The number of benzene rings is 1. The molecule has 0 saturated heterocycles. The van der Waals surface area contributed by atoms with Crippen LogP contribution >= 0.6 is 12.4 Å². The Morgan fingerprint density at radius 2 is 2.06 bits per heavy atom. The summed E-state index contributed by atoms with van der Waals surface area (Å²) in [6.45, 7) is -1.34. The summed E-state index contributed by atoms with van der Waals surface area (Å²) in [7, 11) is 1.30. The van der Waals surface area contributed by atoms with Crippen LogP contribution in [0.2, 0.25) is 0 Å². The van der Waals surface area contributed by atoms with Crippen molar-refractivity contribution in [3.05, 3.63) is 23.8 Å². The van der Waals surface area contributed by atoms with E-state index in [9.17, 15) is 13.9 Å². The van der Waals surface area contributed by atoms with E-state index < -0.39 is 18.6 Å². The molecule has 1 rings (SSSR count). The number of nitrogens with two attached hydrogens (primary N) is 1. The second-order valence-electron chi connectivity index (χ2n) is 3.33. The number of rotatable bonds is 4. The summed E-state index contributed by atoms with van der Waals surface area (Å²) in [6, 6.07) is 2.03. The van der Waals surface area contributed by atoms with Gasteiger partial charge in [-0.05, 0) is 17.7 Å². The van der Waals surface area contributed by atoms with E-state index in [0.29, 0.717) is 0 Å². The average molecular weight is 270 g/mol. The summed E-state index contributed by atoms with van der Waals surface area (Å²) < 4.78 is 30.9. The Labute approximate surface area is 103 Å². The van der Waals surface area contributed by atoms with Crippen molar-refractivity contribution in [2.45, 2.75) is 12.0 Å². The van der Waals surface area contributed by atoms with Crippen molar-refractivity contribution in [3.8, 4) is 11.5 Å². The van der Waals surface area contributed by atoms with E-state index in [0.717, 1.165) is 0 Å². The molecule has 1 aromatic rings. The Balaban J connectivity index is 0.00000256. The van der Waals surface area contributed by atoms with Crippen LogP contribution in [0.4, 0.5) is 8.78 Å². The van der Waals surface area contributed by atoms with Crippen molar-refractivity contribution >= 4 is 12.4 Å². The minimum atomic E-state index is -3.41. The number of aliphatic hydroxyl groups excluding tert-OH is 1. The standard InChI is InChI=1S/C10H13F2NO3.ClH/c1-16-8-4-6(2-3-7(8)15)9(13)10(11,12)5-14;/h2-4,9,14-15H,5,13H2,1H3;1H/t9-;/m1./s1. The zero-order valence-electron chi connectivity index (χ0n) is 9.06. The first-order chi connectivity index (χ1) is 7.42. The lowest BCUT2D eigenvalue weighted by Crippen LogP contribution is -2.36. The molecule has 0 aliphatic carbocycles. The first-order valence-electron chi connectivity index (χ1n) is 4.53. The van der Waals surface area contributed by atoms with Crippen LogP contribution in [-0.2, 0) is 0 Å². The van der Waals surface area contributed by atoms with E-state index >= 15 is 0 Å². The molecule has 4 nitrogen and oxygen atoms in total. The van der Waals surface area contributed by atoms with Gasteiger partial charge in [0, 0.05) is 0 Å². The van der Waals surface area contributed by atoms with Crippen LogP contribution in [-0.4, -0.2) is 29.9 Å². The third kappa shape index (κ3) is 3.42. The van der Waals surface area contributed by atoms with Gasteiger partial charge in [0.1, 0.15) is 6.61 Å². The van der Waals surface area contributed by atoms with E-state index in [1.807, 2.05) is 0 Å². The molecule has 0 unspecified atom stereocenters. The lowest BCUT2D eigenvalue weighted by Gasteiger charge is -2.22. The topological polar surface area (TPSA) is 75.7 Å². The molecule has 0 saturated carbocycles. The quantitative estimate of drug-likeness (QED) is 0.773. The fourth-order valence-electron chi connectivity index (χ4n) is 1.23. The third-order valence-electron chi connectivity index (χ3n) is 2.23. The maximum atomic E-state index is 13.1. The molecule has 0 bridgehead atoms. The molecule has 0 aliphatic heterocycles. The van der Waals surface area contributed by atoms with Gasteiger partial charge < -0.3 is 20.7 Å². The van der Waals surface area contributed by atoms with Crippen LogP contribution in [0.3, 0.4) is 0 Å². The van der Waals surface area contributed by atoms with Gasteiger partial charge >= 0.3 is 0 Å². The van der Waals surface area contributed by atoms with E-state index in [4.69, 9.17) is 15.6 Å². The van der Waals surface area contributed by atoms with Crippen molar-refractivity contribution in [2.24, 2.45) is 5.73 Å². The minimum Gasteiger partial charge on any atom is -0.504 e. The van der Waals surface area contributed by atoms with Gasteiger partial charge in [0.15, 0.2) is 11.5 Å². The first kappa shape index (κ1) is 15.9. The molecule has 0 aromatic heterocycles. The van der Waals surface area contributed by atoms with Crippen LogP contribution in [0.25, 0.3) is 0 Å². The summed E-state index contributed by atoms with van der Waals surface area (Å²) in [5.74, 6) is -3.52. The molecule has 1 aromatic carbocycles. The van der Waals surface area contributed by atoms with Gasteiger partial charge in [0.05, 0.1) is 13.2 Å². The Hall–Kier alpha value is -1.11. The Morgan fingerprint density at radius 1 is 1.47 bits per heavy atom. The third-order valence-corrected chi connectivity index (χ3v) is 2.23. The van der Waals surface area contributed by atoms with Gasteiger partial charge in [-0.25, -0.2) is 8.78 Å². The molecular weight excluding hydrogens is 256 g/mol. The van der Waals surface area contributed by atoms with Gasteiger partial charge in [0.2, 0.25) is 0 Å². The maximum absolute atomic E-state index is 13.1. The molecular formula is C10H14ClF2NO3. The number of aliphatic hydroxyl groups is 1. The molecule has 98 valence electrons. The monoisotopic (exact) mass is 269 g/mol. The summed E-state index contributed by atoms with van der Waals surface area (Å²) in [4.78, 5) is 0. The molecule has 4 N–H and O–H groups in total. The molecule has 17 heavy (non-hydrogen) atoms. The highest BCUT2D eigenvalue weighted by Gasteiger charge is 2.37. The SMILES string of the molecule is COc1cc([C@@H](N)C(F)(F)CO)ccc1O.Cl. The van der Waals surface area contributed by atoms with Crippen molar-refractivity contribution in [3.63, 3.8) is 0 Å². The van der Waals surface area contributed by atoms with Crippen LogP contribution < -0.4 is 10.5 Å². The lowest BCUT2D eigenvalue weighted by atomic mass is 10.0. The van der Waals surface area contributed by atoms with Gasteiger partial charge in [0.25, 0.3) is 5.92 Å². The second kappa shape index (κ2) is 6.00. The molecule has 0 fully saturated rings. The number of hydrogen-bond donors (Lipinski definition) is 3. The number of aromatic hydroxyl groups is 1. The molecule has 1 atom stereocenters. The molecule has 0 spiro atoms. The number of halogens is 3. The zero-order chi connectivity index (χ0) is 12.3. The van der Waals surface area contributed by atoms with Crippen LogP contribution in [0.1, 0.15) is 11.6 Å². The van der Waals surface area contributed by atoms with Crippen molar-refractivity contribution < 1.29 is 23.7 Å². The number of phenolic OH excluding ortho intramolecular Hbond substituents is 1. The predicted octanol–water partition coefficient (Wildman–Crippen LogP) is 1.45. The van der Waals surface area contributed by atoms with E-state index in [2.05, 4.69) is 0 Å². The molecule has 0 radical (unpaired) electrons. The van der Waals surface area contributed by atoms with Gasteiger partial charge in [-0.3, -0.25) is 0 Å². The second-order valence-corrected chi connectivity index (χ2v) is 3.33. The molecule has 7 heteroatoms. The molecule has 0 heterocycles. The highest BCUT2D eigenvalue weighted by Crippen LogP contribution is 2.33. The van der Waals surface area contributed by atoms with Gasteiger partial charge in [-0.1, -0.05) is 6.07 Å². The maximum Gasteiger partial charge on any atom is 0.289 e. The number of ether oxygens (including phenoxy) is 1. The van der Waals surface area contributed by atoms with E-state index in [1.54, 1.807) is 0 Å². The van der Waals surface area contributed by atoms with Gasteiger partial charge in [-0.15, -0.1) is 12.4 Å². The van der Waals surface area contributed by atoms with E-state index in [-0.39, 0.29) is 29.5 Å². The fourth-order valence-corrected chi connectivity index (χ4v) is 1.23. The van der Waals surface area contributed by atoms with Crippen LogP contribution in [0.5, 0.6) is 11.5 Å². The number of methoxy groups -OCH3 is 1. The average Bonchev–Trinajstić information content (AvgIpc) is 2.28. The molecule has 0 aliphatic rings. The van der Waals surface area contributed by atoms with Crippen LogP contribution in [0.15, 0.2) is 18.2 Å². The van der Waals surface area contributed by atoms with Gasteiger partial charge in [-0.2, -0.15) is 0 Å². The number of phenols is 1. The van der Waals surface area contributed by atoms with Crippen molar-refractivity contribution in [1.82, 2.24) is 0 Å². The summed E-state index contributed by atoms with van der Waals surface area (Å²) in [5.41, 5.74) is 5.39. The van der Waals surface area contributed by atoms with Crippen molar-refractivity contribution in [1.29, 1.82) is 0 Å². The highest BCUT2D eigenvalue weighted by molar-refractivity contribution is 5.85.